The molecule has 0 aromatic heterocycles. The standard InChI is InChI=1S/C104H168N4O22S/c1-54(66-17-21-70-93-74(47-82(115)101(66,70)9)97(5)33-29-62(109)39-58(97)43-78(93)112)14-26-87(119)106-51-90(122)128-65-32-36-100(8)61(42-65)46-81(129-91(123)52-107-88(120)27-15-55(2)67-18-22-71-94-75(48-83(116)102(67,71)10)98(6)34-30-63(110)40-59(98)44-79(94)113)96-73-24-20-69(57(4)13-25-86(118)105-37-38-131(125,126)127)104(73,12)85(50-77(96)100)130-92(124)53-108-89(121)28-16-56(3)68-19-23-72-95-76(49-84(117)103(68,72)11)99(7)35-31-64(111)41-60(99)45-80(95)114/h54-85,93-96,109-117H,13-53H2,1-12H3,(H,105,118)(H,106,119)(H,107,120)(H,108,121)(H,125,126,127)/t54-,55-,56-,57-,58+,59+,60+,61+,62-,63-,64-,65-,66-,67-,68-,69-,70+,71+,72+,73+,74+,75+,76+,77+,78-,79-,80-,81-,82+,83+,84+,85+,93+,94+,95+,96+,97+,98+,99+,100+,101-,102-,103-,104-/m1/s1. The second-order valence-electron chi connectivity index (χ2n) is 49.5. The quantitative estimate of drug-likeness (QED) is 0.0196. The molecule has 742 valence electrons. The Morgan fingerprint density at radius 2 is 0.641 bits per heavy atom. The van der Waals surface area contributed by atoms with Crippen LogP contribution in [0, 0.1) is 185 Å². The van der Waals surface area contributed by atoms with Gasteiger partial charge >= 0.3 is 17.9 Å². The van der Waals surface area contributed by atoms with Crippen LogP contribution in [0.25, 0.3) is 0 Å². The highest BCUT2D eigenvalue weighted by Gasteiger charge is 2.72. The lowest BCUT2D eigenvalue weighted by molar-refractivity contribution is -0.225. The lowest BCUT2D eigenvalue weighted by atomic mass is 9.43. The molecule has 0 saturated heterocycles. The van der Waals surface area contributed by atoms with E-state index < -0.39 is 129 Å². The number of carbonyl (C=O) groups is 7. The van der Waals surface area contributed by atoms with Crippen molar-refractivity contribution in [2.45, 2.75) is 387 Å². The number of nitrogens with one attached hydrogen (secondary N) is 4. The van der Waals surface area contributed by atoms with E-state index in [0.29, 0.717) is 128 Å². The molecule has 16 fully saturated rings. The maximum absolute atomic E-state index is 15.0. The molecule has 16 rings (SSSR count). The molecule has 0 aromatic rings. The van der Waals surface area contributed by atoms with E-state index in [1.54, 1.807) is 0 Å². The predicted octanol–water partition coefficient (Wildman–Crippen LogP) is 11.5. The van der Waals surface area contributed by atoms with E-state index in [4.69, 9.17) is 14.2 Å². The van der Waals surface area contributed by atoms with E-state index in [1.807, 2.05) is 0 Å². The second-order valence-corrected chi connectivity index (χ2v) is 51.1. The summed E-state index contributed by atoms with van der Waals surface area (Å²) in [6.45, 7) is 25.1. The van der Waals surface area contributed by atoms with Crippen LogP contribution >= 0.6 is 0 Å². The molecule has 0 radical (unpaired) electrons. The smallest absolute Gasteiger partial charge is 0.325 e. The summed E-state index contributed by atoms with van der Waals surface area (Å²) in [5, 5.41) is 116. The van der Waals surface area contributed by atoms with Gasteiger partial charge in [-0.3, -0.25) is 38.1 Å². The number of hydrogen-bond donors (Lipinski definition) is 14. The van der Waals surface area contributed by atoms with E-state index >= 15 is 0 Å². The van der Waals surface area contributed by atoms with Crippen molar-refractivity contribution in [2.24, 2.45) is 185 Å². The molecule has 16 saturated carbocycles. The fraction of sp³-hybridized carbons (Fsp3) is 0.933. The first-order chi connectivity index (χ1) is 61.7. The van der Waals surface area contributed by atoms with Gasteiger partial charge in [0.2, 0.25) is 23.6 Å². The van der Waals surface area contributed by atoms with Crippen LogP contribution in [0.2, 0.25) is 0 Å². The van der Waals surface area contributed by atoms with Crippen molar-refractivity contribution in [2.75, 3.05) is 31.9 Å². The molecule has 0 unspecified atom stereocenters. The third kappa shape index (κ3) is 18.2. The molecule has 0 bridgehead atoms. The second kappa shape index (κ2) is 38.1. The number of fused-ring (bicyclic) bond motifs is 20. The van der Waals surface area contributed by atoms with E-state index in [0.717, 1.165) is 77.0 Å². The van der Waals surface area contributed by atoms with Crippen molar-refractivity contribution in [1.29, 1.82) is 0 Å². The zero-order chi connectivity index (χ0) is 94.3. The normalized spacial score (nSPS) is 48.5. The minimum Gasteiger partial charge on any atom is -0.461 e. The first kappa shape index (κ1) is 99.8. The average molecular weight is 1860 g/mol. The molecule has 16 aliphatic rings. The Labute approximate surface area is 780 Å². The highest BCUT2D eigenvalue weighted by atomic mass is 32.2. The van der Waals surface area contributed by atoms with Crippen molar-refractivity contribution >= 4 is 51.7 Å². The molecule has 44 atom stereocenters. The number of ether oxygens (including phenoxy) is 3. The SMILES string of the molecule is C[C@H](CCC(=O)NCC(=O)O[C@@H]1CC[C@@]2(C)[C@@H](C1)C[C@@H](OC(=O)CNC(=O)CC[C@@H](C)[C@H]1CC[C@H]3[C@@H]4[C@H](O)C[C@@H]5C[C@H](O)CC[C@]5(C)[C@H]4C[C@H](O)[C@]13C)[C@@H]1[C@@H]2C[C@H](OC(=O)CNC(=O)CC[C@@H](C)[C@H]2CC[C@H]3[C@@H]4[C@H](O)C[C@@H]5C[C@H](O)CC[C@]5(C)[C@H]4C[C@H](O)[C@]23C)[C@]2(C)[C@@H]([C@H](C)CCC(=O)NCCS(=O)(=O)O)CC[C@@H]12)[C@H]1CC[C@H]2[C@@H]3[C@H](O)C[C@@H]4C[C@H](O)CC[C@]4(C)[C@H]3C[C@H](O)[C@]12C. The lowest BCUT2D eigenvalue weighted by Gasteiger charge is -2.64. The van der Waals surface area contributed by atoms with Crippen LogP contribution in [0.1, 0.15) is 314 Å². The molecule has 0 spiro atoms. The molecule has 16 aliphatic carbocycles. The largest absolute Gasteiger partial charge is 0.461 e. The minimum absolute atomic E-state index is 0.0356. The van der Waals surface area contributed by atoms with Gasteiger partial charge in [-0.2, -0.15) is 8.42 Å². The summed E-state index contributed by atoms with van der Waals surface area (Å²) in [5.74, 6) is -3.03. The summed E-state index contributed by atoms with van der Waals surface area (Å²) < 4.78 is 52.9. The van der Waals surface area contributed by atoms with E-state index in [1.165, 1.54) is 0 Å². The summed E-state index contributed by atoms with van der Waals surface area (Å²) in [5.41, 5.74) is -2.86. The Balaban J connectivity index is 0.590. The fourth-order valence-electron chi connectivity index (χ4n) is 36.9. The van der Waals surface area contributed by atoms with Gasteiger partial charge in [0.05, 0.1) is 60.7 Å². The number of aliphatic hydroxyl groups is 9. The monoisotopic (exact) mass is 1860 g/mol. The van der Waals surface area contributed by atoms with Gasteiger partial charge < -0.3 is 81.4 Å². The van der Waals surface area contributed by atoms with Crippen LogP contribution in [0.5, 0.6) is 0 Å². The molecular weight excluding hydrogens is 1690 g/mol. The average Bonchev–Trinajstić information content (AvgIpc) is 1.67. The lowest BCUT2D eigenvalue weighted by Crippen LogP contribution is -2.64. The summed E-state index contributed by atoms with van der Waals surface area (Å²) in [6.07, 6.45) is 15.5. The molecule has 0 heterocycles. The Kier molecular flexibility index (Phi) is 29.0. The Morgan fingerprint density at radius 1 is 0.336 bits per heavy atom. The third-order valence-electron chi connectivity index (χ3n) is 44.1. The number of hydrogen-bond acceptors (Lipinski definition) is 21. The first-order valence-electron chi connectivity index (χ1n) is 52.4. The molecule has 14 N–H and O–H groups in total. The van der Waals surface area contributed by atoms with Crippen LogP contribution in [0.15, 0.2) is 0 Å². The van der Waals surface area contributed by atoms with Gasteiger partial charge in [0, 0.05) is 43.6 Å². The van der Waals surface area contributed by atoms with E-state index in [-0.39, 0.29) is 239 Å². The fourth-order valence-corrected chi connectivity index (χ4v) is 37.3. The molecular formula is C104H168N4O22S. The van der Waals surface area contributed by atoms with Crippen LogP contribution < -0.4 is 21.3 Å². The molecule has 0 aromatic carbocycles. The molecule has 4 amide bonds. The summed E-state index contributed by atoms with van der Waals surface area (Å²) in [7, 11) is -4.34. The van der Waals surface area contributed by atoms with Crippen molar-refractivity contribution in [3.63, 3.8) is 0 Å². The number of carbonyl (C=O) groups excluding carboxylic acids is 7. The Hall–Kier alpha value is -4.16. The van der Waals surface area contributed by atoms with Gasteiger partial charge in [0.1, 0.15) is 37.9 Å². The molecule has 0 aliphatic heterocycles. The highest BCUT2D eigenvalue weighted by molar-refractivity contribution is 7.85. The van der Waals surface area contributed by atoms with Gasteiger partial charge in [-0.1, -0.05) is 83.1 Å². The van der Waals surface area contributed by atoms with Crippen molar-refractivity contribution in [1.82, 2.24) is 21.3 Å². The van der Waals surface area contributed by atoms with Crippen LogP contribution in [0.3, 0.4) is 0 Å². The molecule has 26 nitrogen and oxygen atoms in total. The summed E-state index contributed by atoms with van der Waals surface area (Å²) in [6, 6.07) is 0. The third-order valence-corrected chi connectivity index (χ3v) is 44.9. The number of amides is 4. The van der Waals surface area contributed by atoms with Crippen LogP contribution in [-0.2, 0) is 57.9 Å². The maximum atomic E-state index is 15.0. The van der Waals surface area contributed by atoms with Gasteiger partial charge in [-0.15, -0.1) is 0 Å². The zero-order valence-electron chi connectivity index (χ0n) is 81.1. The Bertz CT molecular complexity index is 4250. The van der Waals surface area contributed by atoms with Gasteiger partial charge in [-0.25, -0.2) is 0 Å². The van der Waals surface area contributed by atoms with Gasteiger partial charge in [0.25, 0.3) is 10.1 Å². The Morgan fingerprint density at radius 3 is 1.00 bits per heavy atom. The van der Waals surface area contributed by atoms with Crippen LogP contribution in [-0.4, -0.2) is 206 Å². The topological polar surface area (TPSA) is 432 Å². The molecule has 27 heteroatoms. The van der Waals surface area contributed by atoms with Crippen molar-refractivity contribution in [3.8, 4) is 0 Å². The van der Waals surface area contributed by atoms with E-state index in [2.05, 4.69) is 104 Å². The predicted molar refractivity (Wildman–Crippen MR) is 490 cm³/mol. The maximum Gasteiger partial charge on any atom is 0.325 e. The minimum atomic E-state index is -4.34. The number of rotatable bonds is 28. The number of esters is 3. The zero-order valence-corrected chi connectivity index (χ0v) is 81.9. The van der Waals surface area contributed by atoms with Gasteiger partial charge in [-0.05, 0) is 379 Å². The van der Waals surface area contributed by atoms with E-state index in [9.17, 15) is 92.5 Å². The molecule has 131 heavy (non-hydrogen) atoms. The van der Waals surface area contributed by atoms with Crippen molar-refractivity contribution in [3.05, 3.63) is 0 Å². The highest BCUT2D eigenvalue weighted by Crippen LogP contribution is 2.75. The summed E-state index contributed by atoms with van der Waals surface area (Å²) in [4.78, 5) is 99.9. The van der Waals surface area contributed by atoms with Crippen molar-refractivity contribution < 1.29 is 107 Å². The van der Waals surface area contributed by atoms with Crippen LogP contribution in [0.4, 0.5) is 0 Å². The van der Waals surface area contributed by atoms with Gasteiger partial charge in [0.15, 0.2) is 0 Å². The summed E-state index contributed by atoms with van der Waals surface area (Å²) >= 11 is 0. The first-order valence-corrected chi connectivity index (χ1v) is 54.0. The number of aliphatic hydroxyl groups excluding tert-OH is 9.